The van der Waals surface area contributed by atoms with Crippen LogP contribution in [0.5, 0.6) is 0 Å². The minimum absolute atomic E-state index is 0.923. The maximum atomic E-state index is 2.74. The van der Waals surface area contributed by atoms with Gasteiger partial charge < -0.3 is 0 Å². The Kier molecular flexibility index (Phi) is 9.02. The van der Waals surface area contributed by atoms with Crippen LogP contribution in [0.25, 0.3) is 0 Å². The van der Waals surface area contributed by atoms with Gasteiger partial charge in [-0.2, -0.15) is 0 Å². The molecule has 0 saturated carbocycles. The van der Waals surface area contributed by atoms with E-state index in [1.54, 1.807) is 12.5 Å². The number of thioether (sulfide) groups is 2. The first-order valence-electron chi connectivity index (χ1n) is 10.1. The summed E-state index contributed by atoms with van der Waals surface area (Å²) in [6.45, 7) is 23.6. The van der Waals surface area contributed by atoms with E-state index in [-0.39, 0.29) is 0 Å². The summed E-state index contributed by atoms with van der Waals surface area (Å²) < 4.78 is 0.923. The lowest BCUT2D eigenvalue weighted by Gasteiger charge is -2.58. The van der Waals surface area contributed by atoms with Gasteiger partial charge in [0.15, 0.2) is 0 Å². The van der Waals surface area contributed by atoms with E-state index in [9.17, 15) is 0 Å². The van der Waals surface area contributed by atoms with Crippen molar-refractivity contribution in [3.63, 3.8) is 0 Å². The van der Waals surface area contributed by atoms with Crippen molar-refractivity contribution in [2.75, 3.05) is 11.5 Å². The second-order valence-corrected chi connectivity index (χ2v) is 55.2. The largest absolute Gasteiger partial charge is 0.148 e. The Morgan fingerprint density at radius 1 is 0.667 bits per heavy atom. The van der Waals surface area contributed by atoms with Crippen molar-refractivity contribution in [1.82, 2.24) is 0 Å². The zero-order valence-electron chi connectivity index (χ0n) is 18.1. The van der Waals surface area contributed by atoms with Crippen molar-refractivity contribution in [2.24, 2.45) is 0 Å². The maximum Gasteiger partial charge on any atom is 0.0502 e. The number of hydrogen-bond acceptors (Lipinski definition) is 2. The highest BCUT2D eigenvalue weighted by atomic mass is 32.2. The van der Waals surface area contributed by atoms with E-state index in [0.29, 0.717) is 0 Å². The smallest absolute Gasteiger partial charge is 0.0502 e. The predicted molar refractivity (Wildman–Crippen MR) is 132 cm³/mol. The zero-order chi connectivity index (χ0) is 18.6. The van der Waals surface area contributed by atoms with Crippen LogP contribution in [0.1, 0.15) is 32.1 Å². The average molecular weight is 437 g/mol. The Balaban J connectivity index is 2.66. The quantitative estimate of drug-likeness (QED) is 0.272. The molecule has 0 amide bonds. The Morgan fingerprint density at radius 2 is 1.12 bits per heavy atom. The van der Waals surface area contributed by atoms with Gasteiger partial charge in [-0.15, -0.1) is 23.5 Å². The first-order valence-corrected chi connectivity index (χ1v) is 27.9. The van der Waals surface area contributed by atoms with Crippen molar-refractivity contribution in [2.45, 2.75) is 102 Å². The minimum Gasteiger partial charge on any atom is -0.148 e. The molecule has 0 radical (unpaired) electrons. The Labute approximate surface area is 165 Å². The summed E-state index contributed by atoms with van der Waals surface area (Å²) in [7, 11) is -3.14. The lowest BCUT2D eigenvalue weighted by Crippen LogP contribution is -2.82. The molecular formula is C18H44S2Si4. The first kappa shape index (κ1) is 23.6. The zero-order valence-corrected chi connectivity index (χ0v) is 23.7. The number of rotatable bonds is 9. The van der Waals surface area contributed by atoms with Gasteiger partial charge in [0.1, 0.15) is 0 Å². The molecule has 0 unspecified atom stereocenters. The molecule has 1 rings (SSSR count). The molecule has 0 aromatic heterocycles. The van der Waals surface area contributed by atoms with E-state index >= 15 is 0 Å². The summed E-state index contributed by atoms with van der Waals surface area (Å²) in [4.78, 5) is 0. The molecule has 0 aromatic carbocycles. The second-order valence-electron chi connectivity index (χ2n) is 10.8. The van der Waals surface area contributed by atoms with Crippen LogP contribution >= 0.6 is 23.5 Å². The predicted octanol–water partition coefficient (Wildman–Crippen LogP) is 7.44. The van der Waals surface area contributed by atoms with E-state index in [1.165, 1.54) is 37.2 Å². The van der Waals surface area contributed by atoms with E-state index in [0.717, 1.165) is 4.58 Å². The van der Waals surface area contributed by atoms with Crippen LogP contribution in [0.3, 0.4) is 0 Å². The van der Waals surface area contributed by atoms with Gasteiger partial charge in [-0.25, -0.2) is 0 Å². The molecule has 1 aliphatic heterocycles. The van der Waals surface area contributed by atoms with Crippen LogP contribution < -0.4 is 0 Å². The molecule has 0 nitrogen and oxygen atoms in total. The van der Waals surface area contributed by atoms with Crippen LogP contribution in [0.4, 0.5) is 0 Å². The molecule has 144 valence electrons. The van der Waals surface area contributed by atoms with Crippen molar-refractivity contribution < 1.29 is 0 Å². The van der Waals surface area contributed by atoms with Gasteiger partial charge >= 0.3 is 0 Å². The highest BCUT2D eigenvalue weighted by Gasteiger charge is 2.60. The van der Waals surface area contributed by atoms with E-state index in [4.69, 9.17) is 0 Å². The van der Waals surface area contributed by atoms with Gasteiger partial charge in [0, 0.05) is 29.4 Å². The molecule has 1 saturated heterocycles. The Hall–Kier alpha value is 1.57. The second kappa shape index (κ2) is 9.17. The maximum absolute atomic E-state index is 2.74. The van der Waals surface area contributed by atoms with Crippen LogP contribution in [0.15, 0.2) is 0 Å². The molecule has 0 bridgehead atoms. The van der Waals surface area contributed by atoms with E-state index < -0.39 is 29.4 Å². The average Bonchev–Trinajstić information content (AvgIpc) is 2.39. The van der Waals surface area contributed by atoms with Crippen LogP contribution in [-0.2, 0) is 0 Å². The van der Waals surface area contributed by atoms with Crippen molar-refractivity contribution >= 4 is 52.9 Å². The summed E-state index contributed by atoms with van der Waals surface area (Å²) in [5, 5.41) is 0. The Morgan fingerprint density at radius 3 is 1.54 bits per heavy atom. The molecule has 0 atom stereocenters. The van der Waals surface area contributed by atoms with Gasteiger partial charge in [-0.3, -0.25) is 0 Å². The van der Waals surface area contributed by atoms with E-state index in [1.807, 2.05) is 0 Å². The molecular weight excluding hydrogens is 393 g/mol. The summed E-state index contributed by atoms with van der Waals surface area (Å²) in [6.07, 6.45) is 7.44. The first-order chi connectivity index (χ1) is 10.8. The third-order valence-corrected chi connectivity index (χ3v) is 83.9. The molecule has 24 heavy (non-hydrogen) atoms. The Bertz CT molecular complexity index is 338. The molecule has 1 fully saturated rings. The number of hydrogen-bond donors (Lipinski definition) is 0. The third-order valence-electron chi connectivity index (χ3n) is 6.23. The van der Waals surface area contributed by atoms with Gasteiger partial charge in [0.05, 0.1) is 4.58 Å². The summed E-state index contributed by atoms with van der Waals surface area (Å²) in [6, 6.07) is 1.68. The standard InChI is InChI=1S/C18H44S2Si4/c1-21(2,3)24(22(4,5)6,23(7,8)9)17-12-10-11-14-18-19-15-13-16-20-18/h18H,10-17H2,1-9H3. The molecule has 0 aliphatic carbocycles. The minimum atomic E-state index is -1.08. The highest BCUT2D eigenvalue weighted by Crippen LogP contribution is 2.41. The molecule has 0 aromatic rings. The fraction of sp³-hybridized carbons (Fsp3) is 1.00. The summed E-state index contributed by atoms with van der Waals surface area (Å²) in [5.74, 6) is 2.82. The fourth-order valence-corrected chi connectivity index (χ4v) is 108. The molecule has 6 heteroatoms. The van der Waals surface area contributed by atoms with Crippen LogP contribution in [0.2, 0.25) is 65.0 Å². The highest BCUT2D eigenvalue weighted by molar-refractivity contribution is 8.17. The van der Waals surface area contributed by atoms with Gasteiger partial charge in [0.2, 0.25) is 0 Å². The SMILES string of the molecule is C[Si](C)(C)[Si](CCCCCC1SCCCS1)([Si](C)(C)C)[Si](C)(C)C. The van der Waals surface area contributed by atoms with Gasteiger partial charge in [-0.05, 0) is 24.3 Å². The van der Waals surface area contributed by atoms with Crippen molar-refractivity contribution in [3.8, 4) is 0 Å². The third kappa shape index (κ3) is 5.78. The number of unbranched alkanes of at least 4 members (excludes halogenated alkanes) is 2. The topological polar surface area (TPSA) is 0 Å². The van der Waals surface area contributed by atoms with Gasteiger partial charge in [-0.1, -0.05) is 84.2 Å². The van der Waals surface area contributed by atoms with Crippen LogP contribution in [-0.4, -0.2) is 45.5 Å². The normalized spacial score (nSPS) is 18.9. The molecule has 0 spiro atoms. The van der Waals surface area contributed by atoms with Gasteiger partial charge in [0.25, 0.3) is 0 Å². The van der Waals surface area contributed by atoms with Crippen molar-refractivity contribution in [1.29, 1.82) is 0 Å². The summed E-state index contributed by atoms with van der Waals surface area (Å²) in [5.41, 5.74) is 0. The lowest BCUT2D eigenvalue weighted by molar-refractivity contribution is 0.693. The molecule has 1 aliphatic rings. The lowest BCUT2D eigenvalue weighted by atomic mass is 10.2. The molecule has 1 heterocycles. The van der Waals surface area contributed by atoms with Crippen LogP contribution in [0, 0.1) is 0 Å². The molecule has 0 N–H and O–H groups in total. The monoisotopic (exact) mass is 436 g/mol. The van der Waals surface area contributed by atoms with Crippen molar-refractivity contribution in [3.05, 3.63) is 0 Å². The van der Waals surface area contributed by atoms with E-state index in [2.05, 4.69) is 82.4 Å². The fourth-order valence-electron chi connectivity index (χ4n) is 6.08. The summed E-state index contributed by atoms with van der Waals surface area (Å²) >= 11 is 4.46.